The Labute approximate surface area is 116 Å². The minimum absolute atomic E-state index is 0.00266. The number of halogens is 3. The Hall–Kier alpha value is -1.62. The molecule has 0 aliphatic rings. The van der Waals surface area contributed by atoms with Crippen molar-refractivity contribution in [2.45, 2.75) is 32.0 Å². The zero-order chi connectivity index (χ0) is 14.6. The maximum atomic E-state index is 12.4. The number of rotatable bonds is 5. The molecule has 1 aromatic carbocycles. The number of nitrogens with zero attached hydrogens (tertiary/aromatic N) is 1. The minimum Gasteiger partial charge on any atom is -0.309 e. The lowest BCUT2D eigenvalue weighted by atomic mass is 10.1. The highest BCUT2D eigenvalue weighted by Gasteiger charge is 2.28. The molecule has 5 heteroatoms. The molecule has 0 saturated heterocycles. The van der Waals surface area contributed by atoms with Gasteiger partial charge < -0.3 is 5.32 Å². The summed E-state index contributed by atoms with van der Waals surface area (Å²) in [6.07, 6.45) is -4.94. The van der Waals surface area contributed by atoms with Crippen LogP contribution in [-0.4, -0.2) is 17.7 Å². The van der Waals surface area contributed by atoms with Crippen LogP contribution < -0.4 is 5.32 Å². The van der Waals surface area contributed by atoms with Gasteiger partial charge in [-0.2, -0.15) is 13.2 Å². The van der Waals surface area contributed by atoms with Gasteiger partial charge in [-0.05, 0) is 25.1 Å². The summed E-state index contributed by atoms with van der Waals surface area (Å²) < 4.78 is 37.1. The molecule has 2 aromatic rings. The Balaban J connectivity index is 2.21. The Bertz CT molecular complexity index is 566. The van der Waals surface area contributed by atoms with Gasteiger partial charge in [0.2, 0.25) is 0 Å². The molecule has 0 radical (unpaired) electrons. The van der Waals surface area contributed by atoms with Gasteiger partial charge in [0.25, 0.3) is 0 Å². The fourth-order valence-electron chi connectivity index (χ4n) is 2.18. The van der Waals surface area contributed by atoms with E-state index < -0.39 is 12.6 Å². The summed E-state index contributed by atoms with van der Waals surface area (Å²) in [5.74, 6) is 0. The molecule has 1 atom stereocenters. The van der Waals surface area contributed by atoms with Crippen molar-refractivity contribution < 1.29 is 13.2 Å². The second kappa shape index (κ2) is 6.22. The van der Waals surface area contributed by atoms with Crippen LogP contribution in [0.3, 0.4) is 0 Å². The van der Waals surface area contributed by atoms with Gasteiger partial charge in [-0.15, -0.1) is 0 Å². The molecule has 1 aromatic heterocycles. The summed E-state index contributed by atoms with van der Waals surface area (Å²) in [5, 5.41) is 4.06. The number of hydrogen-bond acceptors (Lipinski definition) is 2. The van der Waals surface area contributed by atoms with Crippen LogP contribution in [0.15, 0.2) is 36.4 Å². The first-order valence-corrected chi connectivity index (χ1v) is 6.65. The third-order valence-electron chi connectivity index (χ3n) is 3.14. The molecule has 0 spiro atoms. The first-order chi connectivity index (χ1) is 9.49. The summed E-state index contributed by atoms with van der Waals surface area (Å²) in [5.41, 5.74) is 1.47. The van der Waals surface area contributed by atoms with E-state index in [9.17, 15) is 13.2 Å². The Kier molecular flexibility index (Phi) is 4.60. The van der Waals surface area contributed by atoms with Crippen molar-refractivity contribution in [3.8, 4) is 0 Å². The smallest absolute Gasteiger partial charge is 0.309 e. The van der Waals surface area contributed by atoms with Gasteiger partial charge in [0, 0.05) is 17.8 Å². The first-order valence-electron chi connectivity index (χ1n) is 6.65. The van der Waals surface area contributed by atoms with E-state index in [1.807, 2.05) is 37.3 Å². The highest BCUT2D eigenvalue weighted by Crippen LogP contribution is 2.27. The first kappa shape index (κ1) is 14.8. The van der Waals surface area contributed by atoms with E-state index in [2.05, 4.69) is 10.3 Å². The molecule has 0 aliphatic heterocycles. The maximum absolute atomic E-state index is 12.4. The van der Waals surface area contributed by atoms with Gasteiger partial charge in [-0.1, -0.05) is 31.2 Å². The number of nitrogens with one attached hydrogen (secondary N) is 1. The molecule has 0 saturated carbocycles. The predicted molar refractivity (Wildman–Crippen MR) is 73.4 cm³/mol. The average molecular weight is 282 g/mol. The third-order valence-corrected chi connectivity index (χ3v) is 3.14. The molecule has 2 nitrogen and oxygen atoms in total. The predicted octanol–water partition coefficient (Wildman–Crippen LogP) is 4.23. The number of fused-ring (bicyclic) bond motifs is 1. The summed E-state index contributed by atoms with van der Waals surface area (Å²) >= 11 is 0. The minimum atomic E-state index is -4.13. The van der Waals surface area contributed by atoms with Crippen LogP contribution in [0.4, 0.5) is 13.2 Å². The quantitative estimate of drug-likeness (QED) is 0.887. The number of aromatic nitrogens is 1. The molecule has 20 heavy (non-hydrogen) atoms. The largest absolute Gasteiger partial charge is 0.389 e. The molecule has 1 N–H and O–H groups in total. The highest BCUT2D eigenvalue weighted by molar-refractivity contribution is 5.78. The number of benzene rings is 1. The number of alkyl halides is 3. The average Bonchev–Trinajstić information content (AvgIpc) is 2.42. The van der Waals surface area contributed by atoms with Gasteiger partial charge in [0.15, 0.2) is 0 Å². The summed E-state index contributed by atoms with van der Waals surface area (Å²) in [4.78, 5) is 4.46. The molecule has 0 fully saturated rings. The van der Waals surface area contributed by atoms with E-state index in [4.69, 9.17) is 0 Å². The fourth-order valence-corrected chi connectivity index (χ4v) is 2.18. The van der Waals surface area contributed by atoms with Crippen LogP contribution in [-0.2, 0) is 0 Å². The molecular formula is C15H17F3N2. The molecule has 0 amide bonds. The Morgan fingerprint density at radius 3 is 2.60 bits per heavy atom. The SMILES string of the molecule is CCNC(CCC(F)(F)F)c1ccc2ccccc2n1. The zero-order valence-electron chi connectivity index (χ0n) is 11.2. The van der Waals surface area contributed by atoms with Crippen molar-refractivity contribution in [1.82, 2.24) is 10.3 Å². The van der Waals surface area contributed by atoms with E-state index in [1.54, 1.807) is 6.07 Å². The van der Waals surface area contributed by atoms with E-state index >= 15 is 0 Å². The van der Waals surface area contributed by atoms with Crippen molar-refractivity contribution in [1.29, 1.82) is 0 Å². The van der Waals surface area contributed by atoms with Crippen molar-refractivity contribution in [3.05, 3.63) is 42.1 Å². The molecular weight excluding hydrogens is 265 g/mol. The standard InChI is InChI=1S/C15H17F3N2/c1-2-19-13(9-10-15(16,17)18)14-8-7-11-5-3-4-6-12(11)20-14/h3-8,13,19H,2,9-10H2,1H3. The number of pyridine rings is 1. The number of para-hydroxylation sites is 1. The van der Waals surface area contributed by atoms with Crippen LogP contribution in [0.2, 0.25) is 0 Å². The molecule has 0 aliphatic carbocycles. The summed E-state index contributed by atoms with van der Waals surface area (Å²) in [6.45, 7) is 2.48. The summed E-state index contributed by atoms with van der Waals surface area (Å²) in [7, 11) is 0. The van der Waals surface area contributed by atoms with E-state index in [1.165, 1.54) is 0 Å². The van der Waals surface area contributed by atoms with Crippen molar-refractivity contribution in [2.75, 3.05) is 6.54 Å². The van der Waals surface area contributed by atoms with Gasteiger partial charge in [0.05, 0.1) is 11.2 Å². The van der Waals surface area contributed by atoms with E-state index in [0.29, 0.717) is 12.2 Å². The number of hydrogen-bond donors (Lipinski definition) is 1. The highest BCUT2D eigenvalue weighted by atomic mass is 19.4. The van der Waals surface area contributed by atoms with Crippen LogP contribution in [0.5, 0.6) is 0 Å². The van der Waals surface area contributed by atoms with Gasteiger partial charge in [-0.3, -0.25) is 4.98 Å². The maximum Gasteiger partial charge on any atom is 0.389 e. The Morgan fingerprint density at radius 2 is 1.90 bits per heavy atom. The second-order valence-electron chi connectivity index (χ2n) is 4.69. The van der Waals surface area contributed by atoms with Crippen molar-refractivity contribution in [3.63, 3.8) is 0 Å². The van der Waals surface area contributed by atoms with Gasteiger partial charge in [0.1, 0.15) is 0 Å². The fraction of sp³-hybridized carbons (Fsp3) is 0.400. The lowest BCUT2D eigenvalue weighted by molar-refractivity contribution is -0.136. The van der Waals surface area contributed by atoms with Crippen LogP contribution in [0.25, 0.3) is 10.9 Å². The van der Waals surface area contributed by atoms with Crippen LogP contribution in [0.1, 0.15) is 31.5 Å². The third kappa shape index (κ3) is 3.93. The Morgan fingerprint density at radius 1 is 1.15 bits per heavy atom. The van der Waals surface area contributed by atoms with Crippen molar-refractivity contribution >= 4 is 10.9 Å². The lowest BCUT2D eigenvalue weighted by Crippen LogP contribution is -2.24. The molecule has 1 heterocycles. The monoisotopic (exact) mass is 282 g/mol. The molecule has 0 bridgehead atoms. The van der Waals surface area contributed by atoms with Crippen molar-refractivity contribution in [2.24, 2.45) is 0 Å². The summed E-state index contributed by atoms with van der Waals surface area (Å²) in [6, 6.07) is 10.9. The van der Waals surface area contributed by atoms with E-state index in [-0.39, 0.29) is 12.5 Å². The van der Waals surface area contributed by atoms with Crippen LogP contribution >= 0.6 is 0 Å². The molecule has 2 rings (SSSR count). The van der Waals surface area contributed by atoms with Gasteiger partial charge >= 0.3 is 6.18 Å². The van der Waals surface area contributed by atoms with Crippen LogP contribution in [0, 0.1) is 0 Å². The second-order valence-corrected chi connectivity index (χ2v) is 4.69. The topological polar surface area (TPSA) is 24.9 Å². The van der Waals surface area contributed by atoms with E-state index in [0.717, 1.165) is 10.9 Å². The lowest BCUT2D eigenvalue weighted by Gasteiger charge is -2.18. The zero-order valence-corrected chi connectivity index (χ0v) is 11.2. The van der Waals surface area contributed by atoms with Gasteiger partial charge in [-0.25, -0.2) is 0 Å². The normalized spacial score (nSPS) is 13.6. The molecule has 108 valence electrons. The molecule has 1 unspecified atom stereocenters.